The van der Waals surface area contributed by atoms with Gasteiger partial charge in [0.05, 0.1) is 5.60 Å². The molecule has 0 radical (unpaired) electrons. The Morgan fingerprint density at radius 3 is 2.58 bits per heavy atom. The lowest BCUT2D eigenvalue weighted by molar-refractivity contribution is -0.305. The van der Waals surface area contributed by atoms with Gasteiger partial charge in [-0.3, -0.25) is 4.90 Å². The second-order valence-corrected chi connectivity index (χ2v) is 13.6. The Morgan fingerprint density at radius 1 is 1.12 bits per heavy atom. The molecule has 0 aromatic heterocycles. The summed E-state index contributed by atoms with van der Waals surface area (Å²) < 4.78 is 6.68. The van der Waals surface area contributed by atoms with Gasteiger partial charge in [-0.25, -0.2) is 0 Å². The molecule has 33 heavy (non-hydrogen) atoms. The highest BCUT2D eigenvalue weighted by molar-refractivity contribution is 5.63. The van der Waals surface area contributed by atoms with E-state index < -0.39 is 17.3 Å². The van der Waals surface area contributed by atoms with Crippen molar-refractivity contribution in [3.8, 4) is 11.5 Å². The molecule has 5 nitrogen and oxygen atoms in total. The van der Waals surface area contributed by atoms with Crippen molar-refractivity contribution in [3.05, 3.63) is 23.3 Å². The minimum Gasteiger partial charge on any atom is -0.504 e. The quantitative estimate of drug-likeness (QED) is 0.650. The molecule has 0 amide bonds. The molecule has 2 spiro atoms. The van der Waals surface area contributed by atoms with Gasteiger partial charge in [-0.05, 0) is 81.4 Å². The number of piperidine rings is 1. The molecule has 180 valence electrons. The van der Waals surface area contributed by atoms with E-state index in [2.05, 4.69) is 31.7 Å². The molecule has 5 heteroatoms. The lowest BCUT2D eigenvalue weighted by Gasteiger charge is -2.75. The maximum absolute atomic E-state index is 12.5. The van der Waals surface area contributed by atoms with Gasteiger partial charge in [-0.2, -0.15) is 0 Å². The van der Waals surface area contributed by atoms with Crippen molar-refractivity contribution in [1.29, 1.82) is 0 Å². The van der Waals surface area contributed by atoms with Crippen LogP contribution >= 0.6 is 0 Å². The van der Waals surface area contributed by atoms with E-state index in [-0.39, 0.29) is 27.9 Å². The van der Waals surface area contributed by atoms with Crippen LogP contribution in [-0.4, -0.2) is 56.7 Å². The molecule has 3 N–H and O–H groups in total. The molecular formula is C28H39NO4. The van der Waals surface area contributed by atoms with Crippen LogP contribution in [0.4, 0.5) is 0 Å². The fourth-order valence-corrected chi connectivity index (χ4v) is 9.26. The number of rotatable bonds is 3. The predicted octanol–water partition coefficient (Wildman–Crippen LogP) is 3.76. The minimum absolute atomic E-state index is 0.0404. The molecule has 2 aliphatic heterocycles. The van der Waals surface area contributed by atoms with Crippen molar-refractivity contribution in [2.45, 2.75) is 101 Å². The van der Waals surface area contributed by atoms with Crippen LogP contribution in [0.3, 0.4) is 0 Å². The molecule has 7 aliphatic rings. The number of hydrogen-bond donors (Lipinski definition) is 3. The Labute approximate surface area is 197 Å². The predicted molar refractivity (Wildman–Crippen MR) is 125 cm³/mol. The Hall–Kier alpha value is -1.30. The SMILES string of the molecule is CC(C)(C)C(C)(O)[C@H]1C[C@@]23CC[C@]1(O)C1Oc4c(O)ccc5c4C12CCN(CC1CC1)C3C5. The molecule has 2 heterocycles. The molecular weight excluding hydrogens is 414 g/mol. The zero-order chi connectivity index (χ0) is 23.2. The fourth-order valence-electron chi connectivity index (χ4n) is 9.26. The average molecular weight is 454 g/mol. The first kappa shape index (κ1) is 21.0. The van der Waals surface area contributed by atoms with Crippen molar-refractivity contribution in [2.24, 2.45) is 22.7 Å². The monoisotopic (exact) mass is 453 g/mol. The molecule has 1 aromatic carbocycles. The summed E-state index contributed by atoms with van der Waals surface area (Å²) in [5, 5.41) is 35.3. The van der Waals surface area contributed by atoms with Gasteiger partial charge in [0.1, 0.15) is 11.7 Å². The van der Waals surface area contributed by atoms with E-state index in [1.165, 1.54) is 30.5 Å². The largest absolute Gasteiger partial charge is 0.504 e. The van der Waals surface area contributed by atoms with Crippen LogP contribution in [0.5, 0.6) is 11.5 Å². The first-order valence-corrected chi connectivity index (χ1v) is 13.2. The van der Waals surface area contributed by atoms with E-state index in [0.29, 0.717) is 18.2 Å². The Morgan fingerprint density at radius 2 is 1.88 bits per heavy atom. The summed E-state index contributed by atoms with van der Waals surface area (Å²) in [6, 6.07) is 4.30. The number of nitrogens with zero attached hydrogens (tertiary/aromatic N) is 1. The molecule has 4 bridgehead atoms. The summed E-state index contributed by atoms with van der Waals surface area (Å²) in [7, 11) is 0. The number of fused-ring (bicyclic) bond motifs is 2. The van der Waals surface area contributed by atoms with E-state index in [0.717, 1.165) is 38.1 Å². The lowest BCUT2D eigenvalue weighted by Crippen LogP contribution is -2.82. The second-order valence-electron chi connectivity index (χ2n) is 13.6. The third kappa shape index (κ3) is 2.22. The van der Waals surface area contributed by atoms with Gasteiger partial charge >= 0.3 is 0 Å². The highest BCUT2D eigenvalue weighted by atomic mass is 16.5. The molecule has 1 saturated heterocycles. The zero-order valence-electron chi connectivity index (χ0n) is 20.5. The van der Waals surface area contributed by atoms with Gasteiger partial charge in [0, 0.05) is 34.9 Å². The molecule has 1 aromatic rings. The van der Waals surface area contributed by atoms with Crippen molar-refractivity contribution in [1.82, 2.24) is 4.90 Å². The number of phenols is 1. The summed E-state index contributed by atoms with van der Waals surface area (Å²) in [6.45, 7) is 10.4. The van der Waals surface area contributed by atoms with Gasteiger partial charge in [0.2, 0.25) is 0 Å². The lowest BCUT2D eigenvalue weighted by atomic mass is 9.33. The van der Waals surface area contributed by atoms with Gasteiger partial charge in [-0.1, -0.05) is 26.8 Å². The van der Waals surface area contributed by atoms with Crippen LogP contribution in [0.2, 0.25) is 0 Å². The number of aromatic hydroxyl groups is 1. The summed E-state index contributed by atoms with van der Waals surface area (Å²) >= 11 is 0. The summed E-state index contributed by atoms with van der Waals surface area (Å²) in [5.74, 6) is 1.39. The van der Waals surface area contributed by atoms with Crippen molar-refractivity contribution >= 4 is 0 Å². The van der Waals surface area contributed by atoms with Crippen molar-refractivity contribution in [2.75, 3.05) is 13.1 Å². The van der Waals surface area contributed by atoms with Gasteiger partial charge in [0.15, 0.2) is 11.5 Å². The zero-order valence-corrected chi connectivity index (χ0v) is 20.5. The van der Waals surface area contributed by atoms with Gasteiger partial charge in [0.25, 0.3) is 0 Å². The van der Waals surface area contributed by atoms with Gasteiger partial charge < -0.3 is 20.1 Å². The Balaban J connectivity index is 1.46. The first-order chi connectivity index (χ1) is 15.5. The number of ether oxygens (including phenoxy) is 1. The molecule has 5 aliphatic carbocycles. The third-order valence-electron chi connectivity index (χ3n) is 11.5. The van der Waals surface area contributed by atoms with E-state index in [9.17, 15) is 15.3 Å². The van der Waals surface area contributed by atoms with Crippen LogP contribution in [0.1, 0.15) is 77.3 Å². The number of phenolic OH excluding ortho intramolecular Hbond substituents is 1. The maximum Gasteiger partial charge on any atom is 0.165 e. The van der Waals surface area contributed by atoms with Crippen LogP contribution in [-0.2, 0) is 11.8 Å². The number of benzene rings is 1. The highest BCUT2D eigenvalue weighted by Gasteiger charge is 2.81. The summed E-state index contributed by atoms with van der Waals surface area (Å²) in [4.78, 5) is 2.77. The van der Waals surface area contributed by atoms with E-state index in [1.807, 2.05) is 6.92 Å². The number of hydrogen-bond acceptors (Lipinski definition) is 5. The maximum atomic E-state index is 12.5. The minimum atomic E-state index is -1.11. The number of aliphatic hydroxyl groups is 2. The highest BCUT2D eigenvalue weighted by Crippen LogP contribution is 2.77. The summed E-state index contributed by atoms with van der Waals surface area (Å²) in [6.07, 6.45) is 6.71. The summed E-state index contributed by atoms with van der Waals surface area (Å²) in [5.41, 5.74) is -0.323. The van der Waals surface area contributed by atoms with E-state index >= 15 is 0 Å². The van der Waals surface area contributed by atoms with Gasteiger partial charge in [-0.15, -0.1) is 0 Å². The normalized spacial score (nSPS) is 44.8. The van der Waals surface area contributed by atoms with Crippen LogP contribution < -0.4 is 4.74 Å². The molecule has 8 rings (SSSR count). The molecule has 4 saturated carbocycles. The fraction of sp³-hybridized carbons (Fsp3) is 0.786. The van der Waals surface area contributed by atoms with Crippen LogP contribution in [0.15, 0.2) is 12.1 Å². The standard InChI is InChI=1S/C28H39NO4/c1-24(2,3)25(4,31)19-14-26-9-10-28(19,32)23-27(26)11-12-29(15-16-5-6-16)20(26)13-17-7-8-18(30)22(33-23)21(17)27/h7-8,16,19-20,23,30-32H,5-6,9-15H2,1-4H3/t19-,20?,23?,25?,26-,27?,28-/m1/s1. The first-order valence-electron chi connectivity index (χ1n) is 13.2. The molecule has 5 fully saturated rings. The van der Waals surface area contributed by atoms with Crippen LogP contribution in [0, 0.1) is 22.7 Å². The Kier molecular flexibility index (Phi) is 3.76. The topological polar surface area (TPSA) is 73.2 Å². The van der Waals surface area contributed by atoms with Crippen molar-refractivity contribution in [3.63, 3.8) is 0 Å². The second kappa shape index (κ2) is 5.91. The molecule has 7 atom stereocenters. The van der Waals surface area contributed by atoms with Crippen LogP contribution in [0.25, 0.3) is 0 Å². The number of likely N-dealkylation sites (tertiary alicyclic amines) is 1. The van der Waals surface area contributed by atoms with Crippen molar-refractivity contribution < 1.29 is 20.1 Å². The van der Waals surface area contributed by atoms with E-state index in [1.54, 1.807) is 6.07 Å². The molecule has 4 unspecified atom stereocenters. The smallest absolute Gasteiger partial charge is 0.165 e. The third-order valence-corrected chi connectivity index (χ3v) is 11.5. The average Bonchev–Trinajstić information content (AvgIpc) is 3.48. The Bertz CT molecular complexity index is 1040. The van der Waals surface area contributed by atoms with E-state index in [4.69, 9.17) is 4.74 Å².